The van der Waals surface area contributed by atoms with Gasteiger partial charge in [0.1, 0.15) is 5.75 Å². The summed E-state index contributed by atoms with van der Waals surface area (Å²) in [4.78, 5) is 16.6. The number of imidazole rings is 1. The second kappa shape index (κ2) is 6.08. The molecule has 4 nitrogen and oxygen atoms in total. The summed E-state index contributed by atoms with van der Waals surface area (Å²) in [6.07, 6.45) is 3.95. The second-order valence-corrected chi connectivity index (χ2v) is 6.51. The first kappa shape index (κ1) is 15.9. The van der Waals surface area contributed by atoms with Crippen LogP contribution >= 0.6 is 23.2 Å². The smallest absolute Gasteiger partial charge is 0.236 e. The first-order valence-corrected chi connectivity index (χ1v) is 7.18. The SMILES string of the molecule is CC(C)(C)C(=O)C(Oc1cc(Cl)ccc1Cl)n1ccnc1. The fourth-order valence-electron chi connectivity index (χ4n) is 1.72. The number of carbonyl (C=O) groups is 1. The van der Waals surface area contributed by atoms with Gasteiger partial charge >= 0.3 is 0 Å². The number of hydrogen-bond acceptors (Lipinski definition) is 3. The highest BCUT2D eigenvalue weighted by Gasteiger charge is 2.32. The van der Waals surface area contributed by atoms with Crippen LogP contribution in [-0.2, 0) is 4.79 Å². The van der Waals surface area contributed by atoms with Gasteiger partial charge in [0.15, 0.2) is 5.78 Å². The molecular formula is C15H16Cl2N2O2. The topological polar surface area (TPSA) is 44.1 Å². The van der Waals surface area contributed by atoms with E-state index in [0.29, 0.717) is 15.8 Å². The number of hydrogen-bond donors (Lipinski definition) is 0. The third-order valence-electron chi connectivity index (χ3n) is 2.89. The average molecular weight is 327 g/mol. The molecule has 1 aromatic heterocycles. The largest absolute Gasteiger partial charge is 0.461 e. The Balaban J connectivity index is 2.37. The first-order valence-electron chi connectivity index (χ1n) is 6.42. The van der Waals surface area contributed by atoms with Crippen molar-refractivity contribution in [2.24, 2.45) is 5.41 Å². The minimum Gasteiger partial charge on any atom is -0.461 e. The molecular weight excluding hydrogens is 311 g/mol. The first-order chi connectivity index (χ1) is 9.79. The number of Topliss-reactive ketones (excluding diaryl/α,β-unsaturated/α-hetero) is 1. The van der Waals surface area contributed by atoms with Gasteiger partial charge in [-0.2, -0.15) is 0 Å². The van der Waals surface area contributed by atoms with Gasteiger partial charge in [-0.05, 0) is 12.1 Å². The van der Waals surface area contributed by atoms with Crippen LogP contribution in [0.5, 0.6) is 5.75 Å². The Labute approximate surface area is 133 Å². The molecule has 0 aliphatic heterocycles. The predicted octanol–water partition coefficient (Wildman–Crippen LogP) is 4.38. The number of benzene rings is 1. The lowest BCUT2D eigenvalue weighted by molar-refractivity contribution is -0.137. The van der Waals surface area contributed by atoms with Crippen molar-refractivity contribution in [2.45, 2.75) is 27.0 Å². The minimum absolute atomic E-state index is 0.0865. The van der Waals surface area contributed by atoms with E-state index in [-0.39, 0.29) is 5.78 Å². The number of halogens is 2. The van der Waals surface area contributed by atoms with Crippen molar-refractivity contribution in [2.75, 3.05) is 0 Å². The zero-order chi connectivity index (χ0) is 15.6. The number of aromatic nitrogens is 2. The number of nitrogens with zero attached hydrogens (tertiary/aromatic N) is 2. The third-order valence-corrected chi connectivity index (χ3v) is 3.44. The number of carbonyl (C=O) groups excluding carboxylic acids is 1. The molecule has 0 saturated heterocycles. The Kier molecular flexibility index (Phi) is 4.59. The summed E-state index contributed by atoms with van der Waals surface area (Å²) in [5.41, 5.74) is -0.569. The molecule has 0 saturated carbocycles. The maximum absolute atomic E-state index is 12.6. The van der Waals surface area contributed by atoms with Crippen molar-refractivity contribution in [3.63, 3.8) is 0 Å². The molecule has 1 atom stereocenters. The van der Waals surface area contributed by atoms with Crippen LogP contribution in [0.3, 0.4) is 0 Å². The molecule has 0 aliphatic carbocycles. The molecule has 0 spiro atoms. The fraction of sp³-hybridized carbons (Fsp3) is 0.333. The van der Waals surface area contributed by atoms with Crippen LogP contribution in [0, 0.1) is 5.41 Å². The molecule has 0 fully saturated rings. The highest BCUT2D eigenvalue weighted by atomic mass is 35.5. The third kappa shape index (κ3) is 3.77. The number of rotatable bonds is 4. The van der Waals surface area contributed by atoms with E-state index in [0.717, 1.165) is 0 Å². The minimum atomic E-state index is -0.844. The zero-order valence-corrected chi connectivity index (χ0v) is 13.5. The Morgan fingerprint density at radius 3 is 2.62 bits per heavy atom. The second-order valence-electron chi connectivity index (χ2n) is 5.67. The van der Waals surface area contributed by atoms with Gasteiger partial charge in [0.2, 0.25) is 6.23 Å². The van der Waals surface area contributed by atoms with Gasteiger partial charge in [-0.15, -0.1) is 0 Å². The normalized spacial score (nSPS) is 13.0. The lowest BCUT2D eigenvalue weighted by atomic mass is 9.89. The van der Waals surface area contributed by atoms with Crippen molar-refractivity contribution in [1.82, 2.24) is 9.55 Å². The summed E-state index contributed by atoms with van der Waals surface area (Å²) in [7, 11) is 0. The molecule has 1 aromatic carbocycles. The zero-order valence-electron chi connectivity index (χ0n) is 12.0. The van der Waals surface area contributed by atoms with Gasteiger partial charge in [0.05, 0.1) is 11.3 Å². The lowest BCUT2D eigenvalue weighted by Crippen LogP contribution is -2.33. The molecule has 0 aliphatic rings. The summed E-state index contributed by atoms with van der Waals surface area (Å²) >= 11 is 12.1. The Hall–Kier alpha value is -1.52. The maximum Gasteiger partial charge on any atom is 0.236 e. The molecule has 112 valence electrons. The van der Waals surface area contributed by atoms with E-state index in [1.165, 1.54) is 6.33 Å². The van der Waals surface area contributed by atoms with E-state index < -0.39 is 11.6 Å². The molecule has 1 heterocycles. The van der Waals surface area contributed by atoms with E-state index in [1.54, 1.807) is 35.2 Å². The molecule has 0 amide bonds. The van der Waals surface area contributed by atoms with Crippen molar-refractivity contribution in [1.29, 1.82) is 0 Å². The standard InChI is InChI=1S/C15H16Cl2N2O2/c1-15(2,3)13(20)14(19-7-6-18-9-19)21-12-8-10(16)4-5-11(12)17/h4-9,14H,1-3H3. The molecule has 2 rings (SSSR count). The number of ketones is 1. The molecule has 21 heavy (non-hydrogen) atoms. The predicted molar refractivity (Wildman–Crippen MR) is 82.8 cm³/mol. The van der Waals surface area contributed by atoms with Crippen LogP contribution in [0.1, 0.15) is 27.0 Å². The van der Waals surface area contributed by atoms with Crippen LogP contribution < -0.4 is 4.74 Å². The van der Waals surface area contributed by atoms with Gasteiger partial charge in [0, 0.05) is 28.9 Å². The van der Waals surface area contributed by atoms with Gasteiger partial charge < -0.3 is 4.74 Å². The molecule has 0 bridgehead atoms. The van der Waals surface area contributed by atoms with E-state index in [1.807, 2.05) is 20.8 Å². The van der Waals surface area contributed by atoms with Crippen LogP contribution in [0.2, 0.25) is 10.0 Å². The number of ether oxygens (including phenoxy) is 1. The monoisotopic (exact) mass is 326 g/mol. The Bertz CT molecular complexity index is 634. The quantitative estimate of drug-likeness (QED) is 0.837. The van der Waals surface area contributed by atoms with Gasteiger partial charge in [-0.1, -0.05) is 44.0 Å². The van der Waals surface area contributed by atoms with Gasteiger partial charge in [-0.25, -0.2) is 4.98 Å². The highest BCUT2D eigenvalue weighted by molar-refractivity contribution is 6.34. The molecule has 6 heteroatoms. The summed E-state index contributed by atoms with van der Waals surface area (Å²) in [5.74, 6) is 0.275. The summed E-state index contributed by atoms with van der Waals surface area (Å²) in [6.45, 7) is 5.51. The Morgan fingerprint density at radius 1 is 1.33 bits per heavy atom. The van der Waals surface area contributed by atoms with Crippen LogP contribution in [0.25, 0.3) is 0 Å². The summed E-state index contributed by atoms with van der Waals surface area (Å²) in [6, 6.07) is 4.88. The van der Waals surface area contributed by atoms with Gasteiger partial charge in [-0.3, -0.25) is 9.36 Å². The molecule has 0 radical (unpaired) electrons. The average Bonchev–Trinajstić information content (AvgIpc) is 2.91. The van der Waals surface area contributed by atoms with Crippen LogP contribution in [-0.4, -0.2) is 15.3 Å². The summed E-state index contributed by atoms with van der Waals surface area (Å²) in [5, 5.41) is 0.883. The molecule has 0 N–H and O–H groups in total. The van der Waals surface area contributed by atoms with Crippen molar-refractivity contribution < 1.29 is 9.53 Å². The van der Waals surface area contributed by atoms with E-state index in [9.17, 15) is 4.79 Å². The van der Waals surface area contributed by atoms with Crippen molar-refractivity contribution in [3.8, 4) is 5.75 Å². The fourth-order valence-corrected chi connectivity index (χ4v) is 2.04. The van der Waals surface area contributed by atoms with Crippen LogP contribution in [0.15, 0.2) is 36.9 Å². The summed E-state index contributed by atoms with van der Waals surface area (Å²) < 4.78 is 7.42. The van der Waals surface area contributed by atoms with Crippen molar-refractivity contribution >= 4 is 29.0 Å². The van der Waals surface area contributed by atoms with E-state index >= 15 is 0 Å². The highest BCUT2D eigenvalue weighted by Crippen LogP contribution is 2.32. The van der Waals surface area contributed by atoms with E-state index in [2.05, 4.69) is 4.98 Å². The van der Waals surface area contributed by atoms with Gasteiger partial charge in [0.25, 0.3) is 0 Å². The van der Waals surface area contributed by atoms with E-state index in [4.69, 9.17) is 27.9 Å². The van der Waals surface area contributed by atoms with Crippen molar-refractivity contribution in [3.05, 3.63) is 47.0 Å². The lowest BCUT2D eigenvalue weighted by Gasteiger charge is -2.26. The molecule has 1 unspecified atom stereocenters. The Morgan fingerprint density at radius 2 is 2.05 bits per heavy atom. The van der Waals surface area contributed by atoms with Crippen LogP contribution in [0.4, 0.5) is 0 Å². The molecule has 2 aromatic rings. The maximum atomic E-state index is 12.6.